The van der Waals surface area contributed by atoms with E-state index < -0.39 is 5.91 Å². The maximum atomic E-state index is 13.1. The number of nitrogens with two attached hydrogens (primary N) is 2. The molecular formula is C22H25FN4O. The molecule has 0 fully saturated rings. The number of allylic oxidation sites excluding steroid dienone is 2. The number of guanidine groups is 1. The van der Waals surface area contributed by atoms with E-state index >= 15 is 0 Å². The summed E-state index contributed by atoms with van der Waals surface area (Å²) in [5.41, 5.74) is 13.9. The Morgan fingerprint density at radius 2 is 1.82 bits per heavy atom. The number of primary amides is 1. The van der Waals surface area contributed by atoms with Crippen LogP contribution >= 0.6 is 0 Å². The zero-order valence-electron chi connectivity index (χ0n) is 16.1. The van der Waals surface area contributed by atoms with E-state index in [1.54, 1.807) is 42.6 Å². The zero-order valence-corrected chi connectivity index (χ0v) is 16.1. The number of carbonyl (C=O) groups excluding carboxylic acids is 1. The van der Waals surface area contributed by atoms with E-state index in [0.717, 1.165) is 16.7 Å². The minimum absolute atomic E-state index is 0.237. The monoisotopic (exact) mass is 380 g/mol. The Labute approximate surface area is 164 Å². The molecule has 0 bridgehead atoms. The van der Waals surface area contributed by atoms with Crippen molar-refractivity contribution in [3.05, 3.63) is 89.9 Å². The van der Waals surface area contributed by atoms with Gasteiger partial charge in [0.15, 0.2) is 5.96 Å². The number of aliphatic imine (C=N–C) groups is 1. The van der Waals surface area contributed by atoms with Crippen molar-refractivity contribution in [2.24, 2.45) is 16.5 Å². The van der Waals surface area contributed by atoms with Crippen LogP contribution in [0.25, 0.3) is 5.57 Å². The van der Waals surface area contributed by atoms with Crippen LogP contribution < -0.4 is 16.8 Å². The summed E-state index contributed by atoms with van der Waals surface area (Å²) < 4.78 is 13.1. The first-order valence-electron chi connectivity index (χ1n) is 8.78. The van der Waals surface area contributed by atoms with Gasteiger partial charge in [0, 0.05) is 17.2 Å². The van der Waals surface area contributed by atoms with E-state index in [2.05, 4.69) is 16.9 Å². The molecule has 0 spiro atoms. The standard InChI is InChI=1S/C22H25FN4O/c1-4-15(16-6-5-7-17(12-16)20(24)28)13-26-21(25)27-14-22(2,3)18-8-10-19(23)11-9-18/h4-13H,1,14H2,2-3H3,(H2,24,28)(H3,25,26,27)/b15-13+. The average molecular weight is 380 g/mol. The summed E-state index contributed by atoms with van der Waals surface area (Å²) in [5.74, 6) is -0.533. The van der Waals surface area contributed by atoms with Crippen molar-refractivity contribution in [1.82, 2.24) is 5.32 Å². The second kappa shape index (κ2) is 8.99. The number of nitrogens with one attached hydrogen (secondary N) is 1. The van der Waals surface area contributed by atoms with Gasteiger partial charge >= 0.3 is 0 Å². The highest BCUT2D eigenvalue weighted by Crippen LogP contribution is 2.23. The fourth-order valence-electron chi connectivity index (χ4n) is 2.58. The molecule has 0 aromatic heterocycles. The summed E-state index contributed by atoms with van der Waals surface area (Å²) in [7, 11) is 0. The van der Waals surface area contributed by atoms with Crippen LogP contribution in [0.1, 0.15) is 35.3 Å². The molecule has 1 amide bonds. The van der Waals surface area contributed by atoms with Gasteiger partial charge in [-0.15, -0.1) is 0 Å². The van der Waals surface area contributed by atoms with Gasteiger partial charge < -0.3 is 16.8 Å². The van der Waals surface area contributed by atoms with Gasteiger partial charge in [-0.25, -0.2) is 4.39 Å². The van der Waals surface area contributed by atoms with Gasteiger partial charge in [-0.05, 0) is 41.0 Å². The van der Waals surface area contributed by atoms with Gasteiger partial charge in [0.05, 0.1) is 6.54 Å². The van der Waals surface area contributed by atoms with E-state index in [4.69, 9.17) is 11.5 Å². The fourth-order valence-corrected chi connectivity index (χ4v) is 2.58. The van der Waals surface area contributed by atoms with Gasteiger partial charge in [-0.3, -0.25) is 9.79 Å². The van der Waals surface area contributed by atoms with Crippen LogP contribution in [0.3, 0.4) is 0 Å². The third-order valence-electron chi connectivity index (χ3n) is 4.35. The summed E-state index contributed by atoms with van der Waals surface area (Å²) in [5, 5.41) is 2.93. The number of rotatable bonds is 7. The molecule has 2 rings (SSSR count). The molecule has 6 heteroatoms. The van der Waals surface area contributed by atoms with Crippen LogP contribution in [0.5, 0.6) is 0 Å². The lowest BCUT2D eigenvalue weighted by Crippen LogP contribution is -2.30. The third kappa shape index (κ3) is 5.54. The molecule has 0 heterocycles. The van der Waals surface area contributed by atoms with Gasteiger partial charge in [-0.1, -0.05) is 50.8 Å². The summed E-state index contributed by atoms with van der Waals surface area (Å²) in [6.45, 7) is 8.23. The Hall–Kier alpha value is -3.41. The summed E-state index contributed by atoms with van der Waals surface area (Å²) in [6, 6.07) is 13.3. The van der Waals surface area contributed by atoms with Gasteiger partial charge in [0.25, 0.3) is 0 Å². The van der Waals surface area contributed by atoms with Crippen molar-refractivity contribution in [3.8, 4) is 0 Å². The Morgan fingerprint density at radius 3 is 2.43 bits per heavy atom. The number of benzene rings is 2. The number of nitrogens with zero attached hydrogens (tertiary/aromatic N) is 1. The molecule has 0 aliphatic heterocycles. The highest BCUT2D eigenvalue weighted by molar-refractivity contribution is 5.94. The lowest BCUT2D eigenvalue weighted by molar-refractivity contribution is 0.1000. The second-order valence-electron chi connectivity index (χ2n) is 6.99. The van der Waals surface area contributed by atoms with Gasteiger partial charge in [-0.2, -0.15) is 0 Å². The van der Waals surface area contributed by atoms with E-state index in [1.807, 2.05) is 19.9 Å². The Bertz CT molecular complexity index is 914. The smallest absolute Gasteiger partial charge is 0.248 e. The molecule has 5 N–H and O–H groups in total. The van der Waals surface area contributed by atoms with Crippen molar-refractivity contribution in [1.29, 1.82) is 0 Å². The first-order valence-corrected chi connectivity index (χ1v) is 8.78. The molecule has 0 saturated carbocycles. The lowest BCUT2D eigenvalue weighted by atomic mass is 9.85. The van der Waals surface area contributed by atoms with Crippen LogP contribution in [-0.4, -0.2) is 18.4 Å². The molecule has 0 aliphatic carbocycles. The van der Waals surface area contributed by atoms with Crippen LogP contribution in [0.2, 0.25) is 0 Å². The Kier molecular flexibility index (Phi) is 6.71. The predicted octanol–water partition coefficient (Wildman–Crippen LogP) is 3.33. The summed E-state index contributed by atoms with van der Waals surface area (Å²) in [4.78, 5) is 15.7. The van der Waals surface area contributed by atoms with Crippen molar-refractivity contribution in [3.63, 3.8) is 0 Å². The molecule has 0 saturated heterocycles. The number of halogens is 1. The molecule has 2 aromatic rings. The molecular weight excluding hydrogens is 355 g/mol. The molecule has 5 nitrogen and oxygen atoms in total. The normalized spacial score (nSPS) is 12.5. The first kappa shape index (κ1) is 20.9. The van der Waals surface area contributed by atoms with Crippen LogP contribution in [-0.2, 0) is 5.41 Å². The topological polar surface area (TPSA) is 93.5 Å². The van der Waals surface area contributed by atoms with Crippen molar-refractivity contribution in [2.75, 3.05) is 6.54 Å². The van der Waals surface area contributed by atoms with Crippen LogP contribution in [0, 0.1) is 5.82 Å². The minimum atomic E-state index is -0.498. The van der Waals surface area contributed by atoms with E-state index in [9.17, 15) is 9.18 Å². The Balaban J connectivity index is 2.10. The number of hydrogen-bond donors (Lipinski definition) is 3. The fraction of sp³-hybridized carbons (Fsp3) is 0.182. The largest absolute Gasteiger partial charge is 0.370 e. The Morgan fingerprint density at radius 1 is 1.18 bits per heavy atom. The minimum Gasteiger partial charge on any atom is -0.370 e. The van der Waals surface area contributed by atoms with E-state index in [1.165, 1.54) is 12.1 Å². The first-order chi connectivity index (χ1) is 13.2. The SMILES string of the molecule is C=C/C(=C\NC(N)=NCC(C)(C)c1ccc(F)cc1)c1cccc(C(N)=O)c1. The zero-order chi connectivity index (χ0) is 20.7. The molecule has 146 valence electrons. The van der Waals surface area contributed by atoms with Crippen LogP contribution in [0.4, 0.5) is 4.39 Å². The lowest BCUT2D eigenvalue weighted by Gasteiger charge is -2.23. The molecule has 0 aliphatic rings. The molecule has 0 atom stereocenters. The summed E-state index contributed by atoms with van der Waals surface area (Å²) in [6.07, 6.45) is 3.31. The summed E-state index contributed by atoms with van der Waals surface area (Å²) >= 11 is 0. The molecule has 0 unspecified atom stereocenters. The van der Waals surface area contributed by atoms with Crippen LogP contribution in [0.15, 0.2) is 72.4 Å². The predicted molar refractivity (Wildman–Crippen MR) is 112 cm³/mol. The van der Waals surface area contributed by atoms with Gasteiger partial charge in [0.2, 0.25) is 5.91 Å². The van der Waals surface area contributed by atoms with Crippen molar-refractivity contribution < 1.29 is 9.18 Å². The average Bonchev–Trinajstić information content (AvgIpc) is 2.67. The van der Waals surface area contributed by atoms with E-state index in [-0.39, 0.29) is 17.2 Å². The molecule has 28 heavy (non-hydrogen) atoms. The maximum absolute atomic E-state index is 13.1. The molecule has 2 aromatic carbocycles. The van der Waals surface area contributed by atoms with Crippen molar-refractivity contribution >= 4 is 17.4 Å². The highest BCUT2D eigenvalue weighted by Gasteiger charge is 2.20. The van der Waals surface area contributed by atoms with Gasteiger partial charge in [0.1, 0.15) is 5.82 Å². The highest BCUT2D eigenvalue weighted by atomic mass is 19.1. The quantitative estimate of drug-likeness (QED) is 0.391. The number of hydrogen-bond acceptors (Lipinski definition) is 2. The number of carbonyl (C=O) groups is 1. The maximum Gasteiger partial charge on any atom is 0.248 e. The third-order valence-corrected chi connectivity index (χ3v) is 4.35. The van der Waals surface area contributed by atoms with E-state index in [0.29, 0.717) is 12.1 Å². The number of amides is 1. The second-order valence-corrected chi connectivity index (χ2v) is 6.99. The molecule has 0 radical (unpaired) electrons. The van der Waals surface area contributed by atoms with Crippen molar-refractivity contribution in [2.45, 2.75) is 19.3 Å².